The van der Waals surface area contributed by atoms with E-state index in [4.69, 9.17) is 9.84 Å². The fourth-order valence-corrected chi connectivity index (χ4v) is 1.28. The Bertz CT molecular complexity index is 168. The molecule has 2 unspecified atom stereocenters. The Kier molecular flexibility index (Phi) is 4.15. The number of ether oxygens (including phenoxy) is 1. The van der Waals surface area contributed by atoms with Crippen LogP contribution in [0.5, 0.6) is 0 Å². The Morgan fingerprint density at radius 3 is 2.71 bits per heavy atom. The van der Waals surface area contributed by atoms with Crippen molar-refractivity contribution in [2.45, 2.75) is 31.2 Å². The molecule has 2 N–H and O–H groups in total. The van der Waals surface area contributed by atoms with Crippen molar-refractivity contribution in [1.82, 2.24) is 5.32 Å². The first-order chi connectivity index (χ1) is 6.50. The van der Waals surface area contributed by atoms with Crippen molar-refractivity contribution in [2.24, 2.45) is 0 Å². The zero-order valence-electron chi connectivity index (χ0n) is 7.68. The Balaban J connectivity index is 2.19. The van der Waals surface area contributed by atoms with Gasteiger partial charge < -0.3 is 15.2 Å². The van der Waals surface area contributed by atoms with E-state index in [0.29, 0.717) is 6.54 Å². The van der Waals surface area contributed by atoms with E-state index in [1.807, 2.05) is 0 Å². The maximum atomic E-state index is 11.9. The van der Waals surface area contributed by atoms with Gasteiger partial charge in [-0.2, -0.15) is 13.2 Å². The molecular weight excluding hydrogens is 199 g/mol. The highest BCUT2D eigenvalue weighted by Crippen LogP contribution is 2.20. The summed E-state index contributed by atoms with van der Waals surface area (Å²) in [5.41, 5.74) is 0. The molecule has 2 atom stereocenters. The SMILES string of the molecule is OC(COC1CCCNC1)C(F)(F)F. The first-order valence-electron chi connectivity index (χ1n) is 4.57. The maximum Gasteiger partial charge on any atom is 0.416 e. The molecule has 0 amide bonds. The molecule has 0 aromatic heterocycles. The van der Waals surface area contributed by atoms with E-state index in [0.717, 1.165) is 19.4 Å². The van der Waals surface area contributed by atoms with Crippen molar-refractivity contribution < 1.29 is 23.0 Å². The molecule has 1 heterocycles. The second kappa shape index (κ2) is 4.95. The van der Waals surface area contributed by atoms with Gasteiger partial charge in [0.1, 0.15) is 0 Å². The number of nitrogens with one attached hydrogen (secondary N) is 1. The zero-order chi connectivity index (χ0) is 10.6. The second-order valence-electron chi connectivity index (χ2n) is 3.36. The summed E-state index contributed by atoms with van der Waals surface area (Å²) in [5.74, 6) is 0. The maximum absolute atomic E-state index is 11.9. The first-order valence-corrected chi connectivity index (χ1v) is 4.57. The van der Waals surface area contributed by atoms with Gasteiger partial charge >= 0.3 is 6.18 Å². The molecule has 1 aliphatic heterocycles. The summed E-state index contributed by atoms with van der Waals surface area (Å²) in [6, 6.07) is 0. The summed E-state index contributed by atoms with van der Waals surface area (Å²) in [6.07, 6.45) is -5.52. The Hall–Kier alpha value is -0.330. The highest BCUT2D eigenvalue weighted by Gasteiger charge is 2.38. The van der Waals surface area contributed by atoms with Crippen LogP contribution in [-0.2, 0) is 4.74 Å². The summed E-state index contributed by atoms with van der Waals surface area (Å²) in [7, 11) is 0. The number of aliphatic hydroxyl groups excluding tert-OH is 1. The minimum atomic E-state index is -4.58. The smallest absolute Gasteiger partial charge is 0.382 e. The van der Waals surface area contributed by atoms with Crippen molar-refractivity contribution in [3.8, 4) is 0 Å². The lowest BCUT2D eigenvalue weighted by Gasteiger charge is -2.24. The van der Waals surface area contributed by atoms with Crippen molar-refractivity contribution in [3.63, 3.8) is 0 Å². The van der Waals surface area contributed by atoms with Gasteiger partial charge in [0.05, 0.1) is 12.7 Å². The average molecular weight is 213 g/mol. The van der Waals surface area contributed by atoms with Crippen LogP contribution in [0.2, 0.25) is 0 Å². The van der Waals surface area contributed by atoms with Crippen LogP contribution in [0, 0.1) is 0 Å². The molecule has 0 spiro atoms. The number of rotatable bonds is 3. The molecule has 3 nitrogen and oxygen atoms in total. The number of aliphatic hydroxyl groups is 1. The van der Waals surface area contributed by atoms with E-state index in [-0.39, 0.29) is 6.10 Å². The average Bonchev–Trinajstić information content (AvgIpc) is 2.14. The van der Waals surface area contributed by atoms with E-state index in [2.05, 4.69) is 5.32 Å². The van der Waals surface area contributed by atoms with E-state index < -0.39 is 18.9 Å². The van der Waals surface area contributed by atoms with Crippen LogP contribution in [0.1, 0.15) is 12.8 Å². The number of piperidine rings is 1. The molecule has 1 aliphatic rings. The largest absolute Gasteiger partial charge is 0.416 e. The van der Waals surface area contributed by atoms with Crippen molar-refractivity contribution in [1.29, 1.82) is 0 Å². The number of alkyl halides is 3. The topological polar surface area (TPSA) is 41.5 Å². The van der Waals surface area contributed by atoms with Crippen molar-refractivity contribution in [3.05, 3.63) is 0 Å². The van der Waals surface area contributed by atoms with Gasteiger partial charge in [-0.25, -0.2) is 0 Å². The molecule has 1 rings (SSSR count). The summed E-state index contributed by atoms with van der Waals surface area (Å²) < 4.78 is 40.5. The number of halogens is 3. The van der Waals surface area contributed by atoms with Gasteiger partial charge in [-0.1, -0.05) is 0 Å². The molecule has 1 saturated heterocycles. The van der Waals surface area contributed by atoms with Crippen molar-refractivity contribution >= 4 is 0 Å². The van der Waals surface area contributed by atoms with Gasteiger partial charge in [0.15, 0.2) is 6.10 Å². The molecule has 0 aliphatic carbocycles. The molecule has 0 bridgehead atoms. The quantitative estimate of drug-likeness (QED) is 0.724. The minimum Gasteiger partial charge on any atom is -0.382 e. The summed E-state index contributed by atoms with van der Waals surface area (Å²) >= 11 is 0. The monoisotopic (exact) mass is 213 g/mol. The van der Waals surface area contributed by atoms with E-state index >= 15 is 0 Å². The molecule has 0 aromatic rings. The predicted octanol–water partition coefficient (Wildman–Crippen LogP) is 0.678. The predicted molar refractivity (Wildman–Crippen MR) is 43.9 cm³/mol. The lowest BCUT2D eigenvalue weighted by Crippen LogP contribution is -2.39. The Morgan fingerprint density at radius 1 is 1.50 bits per heavy atom. The van der Waals surface area contributed by atoms with Gasteiger partial charge in [0, 0.05) is 6.54 Å². The van der Waals surface area contributed by atoms with Crippen LogP contribution >= 0.6 is 0 Å². The number of hydrogen-bond acceptors (Lipinski definition) is 3. The standard InChI is InChI=1S/C8H14F3NO2/c9-8(10,11)7(13)5-14-6-2-1-3-12-4-6/h6-7,12-13H,1-5H2. The highest BCUT2D eigenvalue weighted by atomic mass is 19.4. The molecule has 0 aromatic carbocycles. The van der Waals surface area contributed by atoms with Crippen molar-refractivity contribution in [2.75, 3.05) is 19.7 Å². The molecule has 1 fully saturated rings. The van der Waals surface area contributed by atoms with E-state index in [9.17, 15) is 13.2 Å². The summed E-state index contributed by atoms with van der Waals surface area (Å²) in [6.45, 7) is 0.766. The second-order valence-corrected chi connectivity index (χ2v) is 3.36. The zero-order valence-corrected chi connectivity index (χ0v) is 7.68. The Labute approximate surface area is 80.2 Å². The van der Waals surface area contributed by atoms with E-state index in [1.165, 1.54) is 0 Å². The molecule has 0 saturated carbocycles. The van der Waals surface area contributed by atoms with Crippen LogP contribution in [0.25, 0.3) is 0 Å². The fraction of sp³-hybridized carbons (Fsp3) is 1.00. The van der Waals surface area contributed by atoms with Crippen LogP contribution in [-0.4, -0.2) is 43.2 Å². The summed E-state index contributed by atoms with van der Waals surface area (Å²) in [5, 5.41) is 11.7. The van der Waals surface area contributed by atoms with E-state index in [1.54, 1.807) is 0 Å². The normalized spacial score (nSPS) is 26.1. The van der Waals surface area contributed by atoms with Gasteiger partial charge in [-0.15, -0.1) is 0 Å². The van der Waals surface area contributed by atoms with Gasteiger partial charge in [-0.05, 0) is 19.4 Å². The third-order valence-electron chi connectivity index (χ3n) is 2.12. The van der Waals surface area contributed by atoms with Crippen LogP contribution in [0.15, 0.2) is 0 Å². The first kappa shape index (κ1) is 11.7. The molecule has 0 radical (unpaired) electrons. The molecular formula is C8H14F3NO2. The third-order valence-corrected chi connectivity index (χ3v) is 2.12. The minimum absolute atomic E-state index is 0.208. The highest BCUT2D eigenvalue weighted by molar-refractivity contribution is 4.71. The lowest BCUT2D eigenvalue weighted by atomic mass is 10.1. The molecule has 6 heteroatoms. The van der Waals surface area contributed by atoms with Gasteiger partial charge in [0.25, 0.3) is 0 Å². The van der Waals surface area contributed by atoms with Gasteiger partial charge in [0.2, 0.25) is 0 Å². The third kappa shape index (κ3) is 3.81. The van der Waals surface area contributed by atoms with Crippen LogP contribution in [0.3, 0.4) is 0 Å². The lowest BCUT2D eigenvalue weighted by molar-refractivity contribution is -0.221. The molecule has 84 valence electrons. The fourth-order valence-electron chi connectivity index (χ4n) is 1.28. The Morgan fingerprint density at radius 2 is 2.21 bits per heavy atom. The number of hydrogen-bond donors (Lipinski definition) is 2. The molecule has 14 heavy (non-hydrogen) atoms. The van der Waals surface area contributed by atoms with Crippen LogP contribution < -0.4 is 5.32 Å². The van der Waals surface area contributed by atoms with Crippen LogP contribution in [0.4, 0.5) is 13.2 Å². The van der Waals surface area contributed by atoms with Gasteiger partial charge in [-0.3, -0.25) is 0 Å². The summed E-state index contributed by atoms with van der Waals surface area (Å²) in [4.78, 5) is 0.